The highest BCUT2D eigenvalue weighted by Crippen LogP contribution is 2.33. The summed E-state index contributed by atoms with van der Waals surface area (Å²) in [5, 5.41) is 9.88. The van der Waals surface area contributed by atoms with Crippen molar-refractivity contribution in [2.75, 3.05) is 13.2 Å². The Morgan fingerprint density at radius 2 is 2.31 bits per heavy atom. The largest absolute Gasteiger partial charge is 0.417 e. The predicted molar refractivity (Wildman–Crippen MR) is 90.3 cm³/mol. The van der Waals surface area contributed by atoms with Crippen LogP contribution in [0, 0.1) is 0 Å². The highest BCUT2D eigenvalue weighted by Gasteiger charge is 2.32. The Morgan fingerprint density at radius 3 is 2.96 bits per heavy atom. The molecule has 2 aromatic rings. The molecule has 2 aromatic heterocycles. The Kier molecular flexibility index (Phi) is 5.64. The monoisotopic (exact) mass is 408 g/mol. The average molecular weight is 409 g/mol. The van der Waals surface area contributed by atoms with Crippen LogP contribution in [0.15, 0.2) is 17.4 Å². The number of pyridine rings is 1. The summed E-state index contributed by atoms with van der Waals surface area (Å²) in [7, 11) is 0. The number of alkyl halides is 3. The van der Waals surface area contributed by atoms with Gasteiger partial charge in [-0.25, -0.2) is 0 Å². The lowest BCUT2D eigenvalue weighted by Crippen LogP contribution is -2.36. The van der Waals surface area contributed by atoms with Crippen molar-refractivity contribution < 1.29 is 22.7 Å². The highest BCUT2D eigenvalue weighted by molar-refractivity contribution is 8.00. The van der Waals surface area contributed by atoms with Crippen molar-refractivity contribution in [1.82, 2.24) is 19.9 Å². The summed E-state index contributed by atoms with van der Waals surface area (Å²) in [6.07, 6.45) is -1.79. The van der Waals surface area contributed by atoms with Crippen molar-refractivity contribution in [3.8, 4) is 0 Å². The minimum atomic E-state index is -4.55. The Bertz CT molecular complexity index is 808. The average Bonchev–Trinajstić information content (AvgIpc) is 3.22. The van der Waals surface area contributed by atoms with E-state index in [-0.39, 0.29) is 27.8 Å². The van der Waals surface area contributed by atoms with Gasteiger partial charge in [-0.2, -0.15) is 13.2 Å². The molecule has 0 aromatic carbocycles. The van der Waals surface area contributed by atoms with Gasteiger partial charge in [0, 0.05) is 19.3 Å². The Morgan fingerprint density at radius 1 is 1.54 bits per heavy atom. The maximum absolute atomic E-state index is 13.0. The molecule has 1 N–H and O–H groups in total. The molecule has 2 atom stereocenters. The van der Waals surface area contributed by atoms with Gasteiger partial charge >= 0.3 is 6.18 Å². The van der Waals surface area contributed by atoms with Gasteiger partial charge in [0.1, 0.15) is 0 Å². The topological polar surface area (TPSA) is 68.5 Å². The van der Waals surface area contributed by atoms with Crippen molar-refractivity contribution in [2.45, 2.75) is 42.5 Å². The number of aromatic nitrogens is 3. The van der Waals surface area contributed by atoms with Crippen molar-refractivity contribution in [1.29, 1.82) is 0 Å². The van der Waals surface area contributed by atoms with Gasteiger partial charge in [-0.1, -0.05) is 23.4 Å². The van der Waals surface area contributed by atoms with E-state index in [0.29, 0.717) is 13.2 Å². The van der Waals surface area contributed by atoms with E-state index in [0.717, 1.165) is 41.3 Å². The van der Waals surface area contributed by atoms with Crippen LogP contribution in [0.4, 0.5) is 13.2 Å². The molecule has 1 fully saturated rings. The first kappa shape index (κ1) is 19.2. The standard InChI is InChI=1S/C15H16ClF3N4O2S/c1-8(13(24)20-6-10-3-2-4-25-10)26-14-22-21-12-11(16)5-9(7-23(12)14)15(17,18)19/h5,7-8,10H,2-4,6H2,1H3,(H,20,24). The minimum Gasteiger partial charge on any atom is -0.376 e. The number of thioether (sulfide) groups is 1. The minimum absolute atomic E-state index is 0.0122. The predicted octanol–water partition coefficient (Wildman–Crippen LogP) is 3.18. The summed E-state index contributed by atoms with van der Waals surface area (Å²) in [6.45, 7) is 2.75. The fraction of sp³-hybridized carbons (Fsp3) is 0.533. The number of carbonyl (C=O) groups excluding carboxylic acids is 1. The van der Waals surface area contributed by atoms with Crippen molar-refractivity contribution in [3.05, 3.63) is 22.8 Å². The number of ether oxygens (including phenoxy) is 1. The summed E-state index contributed by atoms with van der Waals surface area (Å²) in [5.41, 5.74) is -0.804. The van der Waals surface area contributed by atoms with E-state index in [2.05, 4.69) is 15.5 Å². The van der Waals surface area contributed by atoms with Crippen LogP contribution < -0.4 is 5.32 Å². The number of hydrogen-bond acceptors (Lipinski definition) is 5. The molecule has 0 spiro atoms. The maximum atomic E-state index is 13.0. The van der Waals surface area contributed by atoms with Crippen LogP contribution in [-0.2, 0) is 15.7 Å². The van der Waals surface area contributed by atoms with E-state index in [1.807, 2.05) is 0 Å². The molecule has 3 heterocycles. The number of fused-ring (bicyclic) bond motifs is 1. The van der Waals surface area contributed by atoms with Crippen LogP contribution >= 0.6 is 23.4 Å². The molecule has 6 nitrogen and oxygen atoms in total. The first-order valence-corrected chi connectivity index (χ1v) is 9.19. The molecule has 11 heteroatoms. The Labute approximate surface area is 156 Å². The smallest absolute Gasteiger partial charge is 0.376 e. The second-order valence-electron chi connectivity index (χ2n) is 5.89. The molecule has 26 heavy (non-hydrogen) atoms. The van der Waals surface area contributed by atoms with E-state index in [1.165, 1.54) is 0 Å². The molecule has 1 saturated heterocycles. The molecule has 2 unspecified atom stereocenters. The van der Waals surface area contributed by atoms with E-state index in [1.54, 1.807) is 6.92 Å². The van der Waals surface area contributed by atoms with Gasteiger partial charge in [-0.15, -0.1) is 10.2 Å². The quantitative estimate of drug-likeness (QED) is 0.769. The van der Waals surface area contributed by atoms with Crippen LogP contribution in [0.3, 0.4) is 0 Å². The molecule has 0 radical (unpaired) electrons. The molecular weight excluding hydrogens is 393 g/mol. The molecule has 0 saturated carbocycles. The van der Waals surface area contributed by atoms with Crippen LogP contribution in [-0.4, -0.2) is 45.0 Å². The molecule has 0 bridgehead atoms. The number of nitrogens with zero attached hydrogens (tertiary/aromatic N) is 3. The second kappa shape index (κ2) is 7.61. The first-order valence-electron chi connectivity index (χ1n) is 7.93. The van der Waals surface area contributed by atoms with Crippen LogP contribution in [0.25, 0.3) is 5.65 Å². The lowest BCUT2D eigenvalue weighted by molar-refractivity contribution is -0.137. The fourth-order valence-electron chi connectivity index (χ4n) is 2.54. The number of halogens is 4. The number of hydrogen-bond donors (Lipinski definition) is 1. The third-order valence-electron chi connectivity index (χ3n) is 3.94. The van der Waals surface area contributed by atoms with Gasteiger partial charge < -0.3 is 10.1 Å². The van der Waals surface area contributed by atoms with Gasteiger partial charge in [0.15, 0.2) is 10.8 Å². The normalized spacial score (nSPS) is 19.0. The molecule has 142 valence electrons. The lowest BCUT2D eigenvalue weighted by Gasteiger charge is -2.14. The van der Waals surface area contributed by atoms with Gasteiger partial charge in [0.05, 0.1) is 21.9 Å². The first-order chi connectivity index (χ1) is 12.3. The van der Waals surface area contributed by atoms with Crippen molar-refractivity contribution >= 4 is 34.9 Å². The molecular formula is C15H16ClF3N4O2S. The maximum Gasteiger partial charge on any atom is 0.417 e. The van der Waals surface area contributed by atoms with Gasteiger partial charge in [0.2, 0.25) is 5.91 Å². The van der Waals surface area contributed by atoms with E-state index in [4.69, 9.17) is 16.3 Å². The number of rotatable bonds is 5. The summed E-state index contributed by atoms with van der Waals surface area (Å²) in [6, 6.07) is 0.803. The van der Waals surface area contributed by atoms with Crippen LogP contribution in [0.5, 0.6) is 0 Å². The highest BCUT2D eigenvalue weighted by atomic mass is 35.5. The SMILES string of the molecule is CC(Sc1nnc2c(Cl)cc(C(F)(F)F)cn12)C(=O)NCC1CCCO1. The molecule has 0 aliphatic carbocycles. The Hall–Kier alpha value is -1.52. The summed E-state index contributed by atoms with van der Waals surface area (Å²) >= 11 is 6.89. The summed E-state index contributed by atoms with van der Waals surface area (Å²) in [5.74, 6) is -0.250. The van der Waals surface area contributed by atoms with Crippen molar-refractivity contribution in [2.24, 2.45) is 0 Å². The zero-order chi connectivity index (χ0) is 18.9. The Balaban J connectivity index is 1.73. The molecule has 1 amide bonds. The van der Waals surface area contributed by atoms with Gasteiger partial charge in [0.25, 0.3) is 0 Å². The van der Waals surface area contributed by atoms with Crippen LogP contribution in [0.1, 0.15) is 25.3 Å². The zero-order valence-electron chi connectivity index (χ0n) is 13.7. The van der Waals surface area contributed by atoms with Crippen molar-refractivity contribution in [3.63, 3.8) is 0 Å². The van der Waals surface area contributed by atoms with Crippen LogP contribution in [0.2, 0.25) is 5.02 Å². The fourth-order valence-corrected chi connectivity index (χ4v) is 3.64. The number of nitrogens with one attached hydrogen (secondary N) is 1. The third-order valence-corrected chi connectivity index (χ3v) is 5.27. The number of amides is 1. The third kappa shape index (κ3) is 4.24. The number of carbonyl (C=O) groups is 1. The summed E-state index contributed by atoms with van der Waals surface area (Å²) < 4.78 is 45.5. The molecule has 1 aliphatic heterocycles. The molecule has 3 rings (SSSR count). The lowest BCUT2D eigenvalue weighted by atomic mass is 10.2. The molecule has 1 aliphatic rings. The summed E-state index contributed by atoms with van der Waals surface area (Å²) in [4.78, 5) is 12.2. The van der Waals surface area contributed by atoms with E-state index >= 15 is 0 Å². The van der Waals surface area contributed by atoms with Gasteiger partial charge in [-0.05, 0) is 25.8 Å². The second-order valence-corrected chi connectivity index (χ2v) is 7.61. The zero-order valence-corrected chi connectivity index (χ0v) is 15.3. The van der Waals surface area contributed by atoms with Gasteiger partial charge in [-0.3, -0.25) is 9.20 Å². The van der Waals surface area contributed by atoms with E-state index in [9.17, 15) is 18.0 Å². The van der Waals surface area contributed by atoms with E-state index < -0.39 is 17.0 Å².